The zero-order valence-corrected chi connectivity index (χ0v) is 16.5. The van der Waals surface area contributed by atoms with Crippen LogP contribution < -0.4 is 10.1 Å². The van der Waals surface area contributed by atoms with Crippen LogP contribution in [0.3, 0.4) is 0 Å². The van der Waals surface area contributed by atoms with Crippen LogP contribution in [0.5, 0.6) is 5.75 Å². The van der Waals surface area contributed by atoms with Gasteiger partial charge in [-0.2, -0.15) is 0 Å². The number of carbonyl (C=O) groups is 1. The number of hydrogen-bond donors (Lipinski definition) is 1. The number of carbonyl (C=O) groups excluding carboxylic acids is 1. The van der Waals surface area contributed by atoms with Gasteiger partial charge in [0.1, 0.15) is 17.0 Å². The summed E-state index contributed by atoms with van der Waals surface area (Å²) in [6, 6.07) is 18.9. The van der Waals surface area contributed by atoms with Gasteiger partial charge >= 0.3 is 0 Å². The number of rotatable bonds is 4. The topological polar surface area (TPSA) is 68.8 Å². The molecule has 0 aliphatic carbocycles. The maximum Gasteiger partial charge on any atom is 0.291 e. The van der Waals surface area contributed by atoms with E-state index >= 15 is 0 Å². The summed E-state index contributed by atoms with van der Waals surface area (Å²) in [7, 11) is 1.57. The third-order valence-electron chi connectivity index (χ3n) is 5.01. The van der Waals surface area contributed by atoms with E-state index in [1.165, 1.54) is 0 Å². The number of nitrogens with one attached hydrogen (secondary N) is 1. The van der Waals surface area contributed by atoms with Gasteiger partial charge in [-0.3, -0.25) is 4.79 Å². The third-order valence-corrected chi connectivity index (χ3v) is 5.01. The monoisotopic (exact) mass is 397 g/mol. The maximum atomic E-state index is 12.8. The SMILES string of the molecule is COc1ccc(-c2cn3ccc(C)cc3n2)cc1NC(=O)c1cc2ccccc2o1. The molecule has 0 saturated heterocycles. The number of aromatic nitrogens is 2. The number of aryl methyl sites for hydroxylation is 1. The van der Waals surface area contributed by atoms with Crippen LogP contribution >= 0.6 is 0 Å². The average molecular weight is 397 g/mol. The number of fused-ring (bicyclic) bond motifs is 2. The van der Waals surface area contributed by atoms with Gasteiger partial charge < -0.3 is 18.9 Å². The summed E-state index contributed by atoms with van der Waals surface area (Å²) in [5.74, 6) is 0.460. The van der Waals surface area contributed by atoms with Gasteiger partial charge in [0.15, 0.2) is 5.76 Å². The number of benzene rings is 2. The van der Waals surface area contributed by atoms with Crippen LogP contribution in [0.2, 0.25) is 0 Å². The molecule has 6 heteroatoms. The van der Waals surface area contributed by atoms with E-state index in [0.717, 1.165) is 27.9 Å². The molecule has 1 N–H and O–H groups in total. The highest BCUT2D eigenvalue weighted by Crippen LogP contribution is 2.31. The first-order chi connectivity index (χ1) is 14.6. The number of amides is 1. The first-order valence-corrected chi connectivity index (χ1v) is 9.54. The fraction of sp³-hybridized carbons (Fsp3) is 0.0833. The number of nitrogens with zero attached hydrogens (tertiary/aromatic N) is 2. The molecule has 5 rings (SSSR count). The Bertz CT molecular complexity index is 1360. The van der Waals surface area contributed by atoms with E-state index in [-0.39, 0.29) is 11.7 Å². The van der Waals surface area contributed by atoms with Crippen LogP contribution in [0.4, 0.5) is 5.69 Å². The molecule has 0 aliphatic heterocycles. The molecule has 0 bridgehead atoms. The lowest BCUT2D eigenvalue weighted by molar-refractivity contribution is 0.0998. The summed E-state index contributed by atoms with van der Waals surface area (Å²) in [5.41, 5.74) is 4.92. The summed E-state index contributed by atoms with van der Waals surface area (Å²) < 4.78 is 13.1. The first kappa shape index (κ1) is 18.0. The molecule has 0 saturated carbocycles. The highest BCUT2D eigenvalue weighted by Gasteiger charge is 2.16. The van der Waals surface area contributed by atoms with E-state index in [4.69, 9.17) is 14.1 Å². The van der Waals surface area contributed by atoms with Crippen LogP contribution in [-0.4, -0.2) is 22.4 Å². The van der Waals surface area contributed by atoms with Crippen LogP contribution in [-0.2, 0) is 0 Å². The molecule has 148 valence electrons. The second-order valence-corrected chi connectivity index (χ2v) is 7.11. The summed E-state index contributed by atoms with van der Waals surface area (Å²) in [6.45, 7) is 2.04. The molecule has 30 heavy (non-hydrogen) atoms. The van der Waals surface area contributed by atoms with Crippen molar-refractivity contribution in [3.63, 3.8) is 0 Å². The minimum absolute atomic E-state index is 0.242. The third kappa shape index (κ3) is 3.18. The van der Waals surface area contributed by atoms with Crippen molar-refractivity contribution in [3.8, 4) is 17.0 Å². The van der Waals surface area contributed by atoms with Crippen molar-refractivity contribution < 1.29 is 13.9 Å². The van der Waals surface area contributed by atoms with Gasteiger partial charge in [-0.15, -0.1) is 0 Å². The Morgan fingerprint density at radius 1 is 1.10 bits per heavy atom. The van der Waals surface area contributed by atoms with Gasteiger partial charge in [0.05, 0.1) is 18.5 Å². The van der Waals surface area contributed by atoms with Crippen molar-refractivity contribution in [2.75, 3.05) is 12.4 Å². The van der Waals surface area contributed by atoms with Crippen molar-refractivity contribution in [1.82, 2.24) is 9.38 Å². The Kier molecular flexibility index (Phi) is 4.25. The zero-order valence-electron chi connectivity index (χ0n) is 16.5. The standard InChI is InChI=1S/C24H19N3O3/c1-15-9-10-27-14-19(25-23(27)11-15)16-7-8-21(29-2)18(12-16)26-24(28)22-13-17-5-3-4-6-20(17)30-22/h3-14H,1-2H3,(H,26,28). The van der Waals surface area contributed by atoms with Crippen LogP contribution in [0, 0.1) is 6.92 Å². The van der Waals surface area contributed by atoms with Crippen LogP contribution in [0.25, 0.3) is 27.9 Å². The normalized spacial score (nSPS) is 11.1. The Hall–Kier alpha value is -4.06. The number of anilines is 1. The lowest BCUT2D eigenvalue weighted by atomic mass is 10.1. The second kappa shape index (κ2) is 7.08. The van der Waals surface area contributed by atoms with Gasteiger partial charge in [-0.25, -0.2) is 4.98 Å². The highest BCUT2D eigenvalue weighted by molar-refractivity contribution is 6.05. The molecule has 0 radical (unpaired) electrons. The summed E-state index contributed by atoms with van der Waals surface area (Å²) in [4.78, 5) is 17.5. The smallest absolute Gasteiger partial charge is 0.291 e. The molecule has 0 atom stereocenters. The average Bonchev–Trinajstić information content (AvgIpc) is 3.37. The summed E-state index contributed by atoms with van der Waals surface area (Å²) in [5, 5.41) is 3.78. The predicted octanol–water partition coefficient (Wildman–Crippen LogP) is 5.32. The number of ether oxygens (including phenoxy) is 1. The van der Waals surface area contributed by atoms with Crippen LogP contribution in [0.1, 0.15) is 16.1 Å². The van der Waals surface area contributed by atoms with E-state index in [2.05, 4.69) is 5.32 Å². The Balaban J connectivity index is 1.49. The molecular formula is C24H19N3O3. The van der Waals surface area contributed by atoms with Gasteiger partial charge in [-0.1, -0.05) is 18.2 Å². The fourth-order valence-electron chi connectivity index (χ4n) is 3.47. The largest absolute Gasteiger partial charge is 0.495 e. The Labute approximate surface area is 172 Å². The van der Waals surface area contributed by atoms with E-state index in [1.807, 2.05) is 78.3 Å². The molecule has 0 aliphatic rings. The molecule has 0 fully saturated rings. The number of imidazole rings is 1. The van der Waals surface area contributed by atoms with Gasteiger partial charge in [0, 0.05) is 23.3 Å². The van der Waals surface area contributed by atoms with Gasteiger partial charge in [0.2, 0.25) is 0 Å². The predicted molar refractivity (Wildman–Crippen MR) is 116 cm³/mol. The van der Waals surface area contributed by atoms with Crippen molar-refractivity contribution in [2.24, 2.45) is 0 Å². The molecule has 0 unspecified atom stereocenters. The van der Waals surface area contributed by atoms with Crippen molar-refractivity contribution in [3.05, 3.63) is 84.4 Å². The molecular weight excluding hydrogens is 378 g/mol. The number of hydrogen-bond acceptors (Lipinski definition) is 4. The lowest BCUT2D eigenvalue weighted by Crippen LogP contribution is -2.11. The Morgan fingerprint density at radius 3 is 2.80 bits per heavy atom. The first-order valence-electron chi connectivity index (χ1n) is 9.54. The minimum Gasteiger partial charge on any atom is -0.495 e. The highest BCUT2D eigenvalue weighted by atomic mass is 16.5. The van der Waals surface area contributed by atoms with Gasteiger partial charge in [0.25, 0.3) is 5.91 Å². The van der Waals surface area contributed by atoms with E-state index in [1.54, 1.807) is 13.2 Å². The number of pyridine rings is 1. The summed E-state index contributed by atoms with van der Waals surface area (Å²) >= 11 is 0. The quantitative estimate of drug-likeness (QED) is 0.446. The fourth-order valence-corrected chi connectivity index (χ4v) is 3.47. The number of furan rings is 1. The van der Waals surface area contributed by atoms with Crippen LogP contribution in [0.15, 0.2) is 77.5 Å². The lowest BCUT2D eigenvalue weighted by Gasteiger charge is -2.10. The van der Waals surface area contributed by atoms with E-state index in [9.17, 15) is 4.79 Å². The molecule has 6 nitrogen and oxygen atoms in total. The molecule has 1 amide bonds. The maximum absolute atomic E-state index is 12.8. The number of methoxy groups -OCH3 is 1. The van der Waals surface area contributed by atoms with E-state index in [0.29, 0.717) is 17.0 Å². The minimum atomic E-state index is -0.340. The zero-order chi connectivity index (χ0) is 20.7. The molecule has 5 aromatic rings. The number of para-hydroxylation sites is 1. The van der Waals surface area contributed by atoms with Gasteiger partial charge in [-0.05, 0) is 55.0 Å². The van der Waals surface area contributed by atoms with Crippen molar-refractivity contribution >= 4 is 28.2 Å². The summed E-state index contributed by atoms with van der Waals surface area (Å²) in [6.07, 6.45) is 3.94. The second-order valence-electron chi connectivity index (χ2n) is 7.11. The Morgan fingerprint density at radius 2 is 1.97 bits per heavy atom. The molecule has 0 spiro atoms. The van der Waals surface area contributed by atoms with Crippen molar-refractivity contribution in [2.45, 2.75) is 6.92 Å². The molecule has 2 aromatic carbocycles. The van der Waals surface area contributed by atoms with Crippen molar-refractivity contribution in [1.29, 1.82) is 0 Å². The van der Waals surface area contributed by atoms with E-state index < -0.39 is 0 Å². The molecule has 3 heterocycles. The molecule has 3 aromatic heterocycles.